The second-order valence-corrected chi connectivity index (χ2v) is 4.13. The summed E-state index contributed by atoms with van der Waals surface area (Å²) in [4.78, 5) is 21.1. The quantitative estimate of drug-likeness (QED) is 0.644. The number of carboxylic acid groups (broad SMARTS) is 1. The van der Waals surface area contributed by atoms with Gasteiger partial charge in [0.25, 0.3) is 5.69 Å². The highest BCUT2D eigenvalue weighted by molar-refractivity contribution is 5.94. The number of benzene rings is 2. The Morgan fingerprint density at radius 1 is 1.15 bits per heavy atom. The number of nitro benzene ring substituents is 1. The summed E-state index contributed by atoms with van der Waals surface area (Å²) in [5.41, 5.74) is 1.56. The summed E-state index contributed by atoms with van der Waals surface area (Å²) in [5.74, 6) is -1.00. The Morgan fingerprint density at radius 3 is 2.40 bits per heavy atom. The van der Waals surface area contributed by atoms with E-state index in [9.17, 15) is 14.9 Å². The van der Waals surface area contributed by atoms with Crippen LogP contribution in [0, 0.1) is 10.1 Å². The number of nitro groups is 1. The zero-order valence-corrected chi connectivity index (χ0v) is 10.4. The van der Waals surface area contributed by atoms with E-state index in [-0.39, 0.29) is 11.3 Å². The summed E-state index contributed by atoms with van der Waals surface area (Å²) in [5, 5.41) is 22.6. The number of para-hydroxylation sites is 1. The van der Waals surface area contributed by atoms with Crippen molar-refractivity contribution < 1.29 is 14.8 Å². The number of hydrogen-bond donors (Lipinski definition) is 2. The van der Waals surface area contributed by atoms with Crippen LogP contribution in [0.25, 0.3) is 0 Å². The lowest BCUT2D eigenvalue weighted by Crippen LogP contribution is -2.06. The van der Waals surface area contributed by atoms with Gasteiger partial charge < -0.3 is 10.4 Å². The second kappa shape index (κ2) is 5.83. The zero-order valence-electron chi connectivity index (χ0n) is 10.4. The van der Waals surface area contributed by atoms with Crippen LogP contribution in [0.2, 0.25) is 0 Å². The van der Waals surface area contributed by atoms with Crippen LogP contribution in [0.1, 0.15) is 15.9 Å². The van der Waals surface area contributed by atoms with Crippen molar-refractivity contribution in [1.82, 2.24) is 0 Å². The maximum atomic E-state index is 11.0. The van der Waals surface area contributed by atoms with Crippen LogP contribution in [0.3, 0.4) is 0 Å². The predicted octanol–water partition coefficient (Wildman–Crippen LogP) is 2.91. The van der Waals surface area contributed by atoms with Gasteiger partial charge in [-0.3, -0.25) is 10.1 Å². The Kier molecular flexibility index (Phi) is 3.95. The van der Waals surface area contributed by atoms with Gasteiger partial charge in [0.2, 0.25) is 0 Å². The van der Waals surface area contributed by atoms with E-state index in [2.05, 4.69) is 5.32 Å². The Bertz CT molecular complexity index is 638. The third-order valence-corrected chi connectivity index (χ3v) is 2.79. The maximum Gasteiger partial charge on any atom is 0.337 e. The van der Waals surface area contributed by atoms with Crippen LogP contribution in [0.5, 0.6) is 0 Å². The van der Waals surface area contributed by atoms with Crippen molar-refractivity contribution in [3.05, 3.63) is 69.8 Å². The maximum absolute atomic E-state index is 11.0. The summed E-state index contributed by atoms with van der Waals surface area (Å²) in [6.07, 6.45) is 0. The van der Waals surface area contributed by atoms with Crippen LogP contribution in [0.4, 0.5) is 11.4 Å². The van der Waals surface area contributed by atoms with Gasteiger partial charge in [-0.05, 0) is 17.7 Å². The largest absolute Gasteiger partial charge is 0.478 e. The van der Waals surface area contributed by atoms with E-state index in [1.54, 1.807) is 30.3 Å². The summed E-state index contributed by atoms with van der Waals surface area (Å²) in [6, 6.07) is 12.7. The van der Waals surface area contributed by atoms with Crippen molar-refractivity contribution in [2.45, 2.75) is 6.54 Å². The van der Waals surface area contributed by atoms with Crippen LogP contribution < -0.4 is 5.32 Å². The molecule has 2 N–H and O–H groups in total. The first kappa shape index (κ1) is 13.5. The van der Waals surface area contributed by atoms with Gasteiger partial charge in [-0.2, -0.15) is 0 Å². The van der Waals surface area contributed by atoms with Gasteiger partial charge in [-0.15, -0.1) is 0 Å². The Balaban J connectivity index is 2.09. The average molecular weight is 272 g/mol. The lowest BCUT2D eigenvalue weighted by molar-refractivity contribution is -0.384. The number of rotatable bonds is 5. The summed E-state index contributed by atoms with van der Waals surface area (Å²) in [7, 11) is 0. The Morgan fingerprint density at radius 2 is 1.80 bits per heavy atom. The van der Waals surface area contributed by atoms with Gasteiger partial charge in [-0.1, -0.05) is 24.3 Å². The number of nitrogens with zero attached hydrogens (tertiary/aromatic N) is 1. The van der Waals surface area contributed by atoms with E-state index in [1.165, 1.54) is 18.2 Å². The third kappa shape index (κ3) is 3.11. The standard InChI is InChI=1S/C14H12N2O4/c17-14(18)12-3-1-2-4-13(12)15-9-10-5-7-11(8-6-10)16(19)20/h1-8,15H,9H2,(H,17,18). The predicted molar refractivity (Wildman–Crippen MR) is 73.8 cm³/mol. The molecule has 0 unspecified atom stereocenters. The number of hydrogen-bond acceptors (Lipinski definition) is 4. The van der Waals surface area contributed by atoms with Crippen LogP contribution in [0.15, 0.2) is 48.5 Å². The molecule has 0 aliphatic heterocycles. The third-order valence-electron chi connectivity index (χ3n) is 2.79. The summed E-state index contributed by atoms with van der Waals surface area (Å²) < 4.78 is 0. The molecule has 102 valence electrons. The van der Waals surface area contributed by atoms with Gasteiger partial charge in [0.15, 0.2) is 0 Å². The summed E-state index contributed by atoms with van der Waals surface area (Å²) >= 11 is 0. The van der Waals surface area contributed by atoms with Crippen molar-refractivity contribution in [2.24, 2.45) is 0 Å². The smallest absolute Gasteiger partial charge is 0.337 e. The molecule has 0 radical (unpaired) electrons. The van der Waals surface area contributed by atoms with Gasteiger partial charge in [0, 0.05) is 24.4 Å². The molecular weight excluding hydrogens is 260 g/mol. The molecule has 0 saturated heterocycles. The van der Waals surface area contributed by atoms with Gasteiger partial charge in [0.1, 0.15) is 0 Å². The normalized spacial score (nSPS) is 10.0. The molecule has 6 heteroatoms. The Hall–Kier alpha value is -2.89. The van der Waals surface area contributed by atoms with Crippen LogP contribution >= 0.6 is 0 Å². The van der Waals surface area contributed by atoms with Crippen molar-refractivity contribution in [2.75, 3.05) is 5.32 Å². The number of non-ortho nitro benzene ring substituents is 1. The molecule has 0 spiro atoms. The van der Waals surface area contributed by atoms with Crippen molar-refractivity contribution in [3.63, 3.8) is 0 Å². The minimum atomic E-state index is -1.00. The highest BCUT2D eigenvalue weighted by Crippen LogP contribution is 2.17. The van der Waals surface area contributed by atoms with E-state index in [4.69, 9.17) is 5.11 Å². The molecule has 2 aromatic carbocycles. The minimum absolute atomic E-state index is 0.0275. The van der Waals surface area contributed by atoms with E-state index in [0.717, 1.165) is 5.56 Å². The fourth-order valence-corrected chi connectivity index (χ4v) is 1.76. The van der Waals surface area contributed by atoms with Crippen molar-refractivity contribution in [1.29, 1.82) is 0 Å². The molecule has 0 amide bonds. The zero-order chi connectivity index (χ0) is 14.5. The molecule has 0 fully saturated rings. The number of carbonyl (C=O) groups is 1. The highest BCUT2D eigenvalue weighted by atomic mass is 16.6. The molecule has 0 saturated carbocycles. The number of nitrogens with one attached hydrogen (secondary N) is 1. The molecule has 0 aliphatic rings. The van der Waals surface area contributed by atoms with E-state index < -0.39 is 10.9 Å². The van der Waals surface area contributed by atoms with Gasteiger partial charge >= 0.3 is 5.97 Å². The molecule has 0 aliphatic carbocycles. The molecule has 0 atom stereocenters. The highest BCUT2D eigenvalue weighted by Gasteiger charge is 2.09. The fourth-order valence-electron chi connectivity index (χ4n) is 1.76. The number of aromatic carboxylic acids is 1. The molecule has 20 heavy (non-hydrogen) atoms. The first-order valence-corrected chi connectivity index (χ1v) is 5.87. The lowest BCUT2D eigenvalue weighted by atomic mass is 10.1. The van der Waals surface area contributed by atoms with Gasteiger partial charge in [-0.25, -0.2) is 4.79 Å². The molecular formula is C14H12N2O4. The topological polar surface area (TPSA) is 92.5 Å². The monoisotopic (exact) mass is 272 g/mol. The Labute approximate surface area is 114 Å². The first-order valence-electron chi connectivity index (χ1n) is 5.87. The van der Waals surface area contributed by atoms with Crippen molar-refractivity contribution in [3.8, 4) is 0 Å². The molecule has 0 aromatic heterocycles. The lowest BCUT2D eigenvalue weighted by Gasteiger charge is -2.09. The van der Waals surface area contributed by atoms with E-state index in [0.29, 0.717) is 12.2 Å². The van der Waals surface area contributed by atoms with Crippen molar-refractivity contribution >= 4 is 17.3 Å². The molecule has 2 rings (SSSR count). The molecule has 0 bridgehead atoms. The second-order valence-electron chi connectivity index (χ2n) is 4.13. The summed E-state index contributed by atoms with van der Waals surface area (Å²) in [6.45, 7) is 0.391. The molecule has 0 heterocycles. The molecule has 2 aromatic rings. The van der Waals surface area contributed by atoms with Crippen LogP contribution in [-0.4, -0.2) is 16.0 Å². The fraction of sp³-hybridized carbons (Fsp3) is 0.0714. The SMILES string of the molecule is O=C(O)c1ccccc1NCc1ccc([N+](=O)[O-])cc1. The van der Waals surface area contributed by atoms with Crippen LogP contribution in [-0.2, 0) is 6.54 Å². The first-order chi connectivity index (χ1) is 9.58. The number of anilines is 1. The number of carboxylic acids is 1. The van der Waals surface area contributed by atoms with Gasteiger partial charge in [0.05, 0.1) is 10.5 Å². The van der Waals surface area contributed by atoms with E-state index in [1.807, 2.05) is 0 Å². The molecule has 6 nitrogen and oxygen atoms in total. The average Bonchev–Trinajstić information content (AvgIpc) is 2.45. The van der Waals surface area contributed by atoms with E-state index >= 15 is 0 Å². The minimum Gasteiger partial charge on any atom is -0.478 e.